The Kier molecular flexibility index (Phi) is 18.8. The van der Waals surface area contributed by atoms with Crippen LogP contribution in [0.2, 0.25) is 0 Å². The maximum atomic E-state index is 11.2. The Bertz CT molecular complexity index is 443. The third-order valence-electron chi connectivity index (χ3n) is 7.09. The highest BCUT2D eigenvalue weighted by Crippen LogP contribution is 2.08. The SMILES string of the molecule is CCCCCCN(CCCCCC)CCN(CCCCCC)CCN1CCN(C(=O)O)CC1. The summed E-state index contributed by atoms with van der Waals surface area (Å²) >= 11 is 0. The van der Waals surface area contributed by atoms with Gasteiger partial charge in [0, 0.05) is 52.4 Å². The lowest BCUT2D eigenvalue weighted by atomic mass is 10.1. The Morgan fingerprint density at radius 1 is 0.606 bits per heavy atom. The Morgan fingerprint density at radius 2 is 1.03 bits per heavy atom. The molecule has 0 unspecified atom stereocenters. The van der Waals surface area contributed by atoms with Gasteiger partial charge in [-0.25, -0.2) is 4.79 Å². The van der Waals surface area contributed by atoms with Gasteiger partial charge in [-0.3, -0.25) is 4.90 Å². The second-order valence-corrected chi connectivity index (χ2v) is 9.98. The van der Waals surface area contributed by atoms with Crippen LogP contribution in [0.15, 0.2) is 0 Å². The molecule has 0 aromatic rings. The summed E-state index contributed by atoms with van der Waals surface area (Å²) in [6.07, 6.45) is 15.2. The largest absolute Gasteiger partial charge is 0.465 e. The molecule has 1 amide bonds. The van der Waals surface area contributed by atoms with Crippen molar-refractivity contribution >= 4 is 6.09 Å². The summed E-state index contributed by atoms with van der Waals surface area (Å²) in [6, 6.07) is 0. The van der Waals surface area contributed by atoms with E-state index in [0.29, 0.717) is 13.1 Å². The molecule has 0 aromatic heterocycles. The van der Waals surface area contributed by atoms with Crippen LogP contribution in [-0.2, 0) is 0 Å². The molecule has 0 radical (unpaired) electrons. The van der Waals surface area contributed by atoms with Crippen molar-refractivity contribution in [2.45, 2.75) is 97.8 Å². The van der Waals surface area contributed by atoms with Crippen LogP contribution in [0, 0.1) is 0 Å². The maximum Gasteiger partial charge on any atom is 0.407 e. The van der Waals surface area contributed by atoms with Gasteiger partial charge in [0.05, 0.1) is 0 Å². The van der Waals surface area contributed by atoms with Gasteiger partial charge in [-0.1, -0.05) is 78.6 Å². The number of unbranched alkanes of at least 4 members (excludes halogenated alkanes) is 9. The summed E-state index contributed by atoms with van der Waals surface area (Å²) in [6.45, 7) is 18.2. The van der Waals surface area contributed by atoms with E-state index in [1.54, 1.807) is 4.90 Å². The summed E-state index contributed by atoms with van der Waals surface area (Å²) in [7, 11) is 0. The molecule has 0 bridgehead atoms. The minimum Gasteiger partial charge on any atom is -0.465 e. The first-order chi connectivity index (χ1) is 16.1. The van der Waals surface area contributed by atoms with Crippen LogP contribution < -0.4 is 0 Å². The van der Waals surface area contributed by atoms with E-state index in [0.717, 1.165) is 26.2 Å². The van der Waals surface area contributed by atoms with E-state index in [-0.39, 0.29) is 0 Å². The quantitative estimate of drug-likeness (QED) is 0.221. The first kappa shape index (κ1) is 30.2. The van der Waals surface area contributed by atoms with E-state index in [1.165, 1.54) is 110 Å². The zero-order valence-electron chi connectivity index (χ0n) is 22.4. The number of rotatable bonds is 21. The number of nitrogens with zero attached hydrogens (tertiary/aromatic N) is 4. The Balaban J connectivity index is 2.48. The Morgan fingerprint density at radius 3 is 1.42 bits per heavy atom. The van der Waals surface area contributed by atoms with Gasteiger partial charge in [0.15, 0.2) is 0 Å². The summed E-state index contributed by atoms with van der Waals surface area (Å²) in [5.74, 6) is 0. The molecule has 6 heteroatoms. The van der Waals surface area contributed by atoms with Crippen molar-refractivity contribution in [2.24, 2.45) is 0 Å². The average Bonchev–Trinajstić information content (AvgIpc) is 2.82. The predicted octanol–water partition coefficient (Wildman–Crippen LogP) is 5.63. The molecule has 33 heavy (non-hydrogen) atoms. The molecule has 196 valence electrons. The minimum atomic E-state index is -0.773. The van der Waals surface area contributed by atoms with Crippen molar-refractivity contribution in [3.63, 3.8) is 0 Å². The van der Waals surface area contributed by atoms with E-state index >= 15 is 0 Å². The summed E-state index contributed by atoms with van der Waals surface area (Å²) in [5, 5.41) is 9.18. The molecule has 0 aliphatic carbocycles. The molecule has 1 fully saturated rings. The van der Waals surface area contributed by atoms with E-state index in [1.807, 2.05) is 0 Å². The second-order valence-electron chi connectivity index (χ2n) is 9.98. The molecule has 1 heterocycles. The highest BCUT2D eigenvalue weighted by Gasteiger charge is 2.20. The van der Waals surface area contributed by atoms with Crippen LogP contribution in [0.5, 0.6) is 0 Å². The first-order valence-corrected chi connectivity index (χ1v) is 14.3. The van der Waals surface area contributed by atoms with Crippen LogP contribution in [0.25, 0.3) is 0 Å². The molecule has 0 spiro atoms. The molecule has 0 saturated carbocycles. The van der Waals surface area contributed by atoms with Gasteiger partial charge in [-0.15, -0.1) is 0 Å². The smallest absolute Gasteiger partial charge is 0.407 e. The zero-order chi connectivity index (χ0) is 24.2. The van der Waals surface area contributed by atoms with Crippen molar-refractivity contribution in [1.29, 1.82) is 0 Å². The molecule has 1 aliphatic rings. The first-order valence-electron chi connectivity index (χ1n) is 14.3. The van der Waals surface area contributed by atoms with E-state index in [4.69, 9.17) is 0 Å². The number of carbonyl (C=O) groups is 1. The number of carboxylic acid groups (broad SMARTS) is 1. The van der Waals surface area contributed by atoms with Crippen molar-refractivity contribution < 1.29 is 9.90 Å². The van der Waals surface area contributed by atoms with Gasteiger partial charge in [0.25, 0.3) is 0 Å². The second kappa shape index (κ2) is 20.5. The fourth-order valence-corrected chi connectivity index (χ4v) is 4.69. The van der Waals surface area contributed by atoms with Gasteiger partial charge in [0.2, 0.25) is 0 Å². The Labute approximate surface area is 205 Å². The molecule has 1 rings (SSSR count). The third kappa shape index (κ3) is 15.6. The topological polar surface area (TPSA) is 50.3 Å². The highest BCUT2D eigenvalue weighted by molar-refractivity contribution is 5.65. The normalized spacial score (nSPS) is 15.1. The third-order valence-corrected chi connectivity index (χ3v) is 7.09. The fourth-order valence-electron chi connectivity index (χ4n) is 4.69. The van der Waals surface area contributed by atoms with Crippen LogP contribution in [0.3, 0.4) is 0 Å². The number of piperazine rings is 1. The lowest BCUT2D eigenvalue weighted by molar-refractivity contribution is 0.0975. The summed E-state index contributed by atoms with van der Waals surface area (Å²) < 4.78 is 0. The number of amides is 1. The standard InChI is InChI=1S/C27H56N4O2/c1-4-7-10-13-16-28(17-14-11-8-5-2)19-20-29(18-15-12-9-6-3)21-22-30-23-25-31(26-24-30)27(32)33/h4-26H2,1-3H3,(H,32,33). The molecule has 6 nitrogen and oxygen atoms in total. The average molecular weight is 469 g/mol. The van der Waals surface area contributed by atoms with E-state index < -0.39 is 6.09 Å². The van der Waals surface area contributed by atoms with Crippen LogP contribution in [0.4, 0.5) is 4.79 Å². The highest BCUT2D eigenvalue weighted by atomic mass is 16.4. The molecule has 1 aliphatic heterocycles. The molecule has 1 saturated heterocycles. The number of hydrogen-bond acceptors (Lipinski definition) is 4. The molecular formula is C27H56N4O2. The molecule has 0 atom stereocenters. The minimum absolute atomic E-state index is 0.648. The van der Waals surface area contributed by atoms with Crippen molar-refractivity contribution in [1.82, 2.24) is 19.6 Å². The summed E-state index contributed by atoms with van der Waals surface area (Å²) in [5.41, 5.74) is 0. The van der Waals surface area contributed by atoms with Crippen LogP contribution >= 0.6 is 0 Å². The van der Waals surface area contributed by atoms with Crippen molar-refractivity contribution in [3.05, 3.63) is 0 Å². The molecular weight excluding hydrogens is 412 g/mol. The van der Waals surface area contributed by atoms with Gasteiger partial charge >= 0.3 is 6.09 Å². The van der Waals surface area contributed by atoms with Gasteiger partial charge in [-0.2, -0.15) is 0 Å². The fraction of sp³-hybridized carbons (Fsp3) is 0.963. The van der Waals surface area contributed by atoms with Gasteiger partial charge in [0.1, 0.15) is 0 Å². The zero-order valence-corrected chi connectivity index (χ0v) is 22.4. The summed E-state index contributed by atoms with van der Waals surface area (Å²) in [4.78, 5) is 20.6. The van der Waals surface area contributed by atoms with Crippen molar-refractivity contribution in [3.8, 4) is 0 Å². The van der Waals surface area contributed by atoms with E-state index in [2.05, 4.69) is 35.5 Å². The van der Waals surface area contributed by atoms with Crippen LogP contribution in [-0.4, -0.2) is 103 Å². The van der Waals surface area contributed by atoms with Crippen LogP contribution in [0.1, 0.15) is 97.8 Å². The lowest BCUT2D eigenvalue weighted by Gasteiger charge is -2.35. The predicted molar refractivity (Wildman–Crippen MR) is 141 cm³/mol. The van der Waals surface area contributed by atoms with Crippen molar-refractivity contribution in [2.75, 3.05) is 72.0 Å². The van der Waals surface area contributed by atoms with Gasteiger partial charge in [-0.05, 0) is 38.9 Å². The maximum absolute atomic E-state index is 11.2. The van der Waals surface area contributed by atoms with Gasteiger partial charge < -0.3 is 19.8 Å². The molecule has 0 aromatic carbocycles. The van der Waals surface area contributed by atoms with E-state index in [9.17, 15) is 9.90 Å². The number of hydrogen-bond donors (Lipinski definition) is 1. The monoisotopic (exact) mass is 468 g/mol. The lowest BCUT2D eigenvalue weighted by Crippen LogP contribution is -2.50. The molecule has 1 N–H and O–H groups in total. The Hall–Kier alpha value is -0.850.